The topological polar surface area (TPSA) is 67.2 Å². The standard InChI is InChI=1S/C26H25FN4O2/c1-16-12-13-21(14-17(16)2)31-24(29-23-11-6-5-10-22(23)25(31)32)18(3)30(4)26(33)28-20-9-7-8-19(27)15-20/h5-15,18H,1-4H3,(H,28,33). The molecule has 2 amide bonds. The molecule has 6 nitrogen and oxygen atoms in total. The Bertz CT molecular complexity index is 1410. The molecule has 1 atom stereocenters. The summed E-state index contributed by atoms with van der Waals surface area (Å²) in [5, 5.41) is 3.19. The van der Waals surface area contributed by atoms with Crippen LogP contribution in [-0.2, 0) is 0 Å². The number of benzene rings is 3. The van der Waals surface area contributed by atoms with Gasteiger partial charge in [0.15, 0.2) is 0 Å². The molecule has 168 valence electrons. The summed E-state index contributed by atoms with van der Waals surface area (Å²) in [6, 6.07) is 17.6. The predicted molar refractivity (Wildman–Crippen MR) is 128 cm³/mol. The Labute approximate surface area is 191 Å². The van der Waals surface area contributed by atoms with Crippen LogP contribution >= 0.6 is 0 Å². The van der Waals surface area contributed by atoms with Gasteiger partial charge in [-0.3, -0.25) is 9.36 Å². The van der Waals surface area contributed by atoms with Crippen molar-refractivity contribution in [1.82, 2.24) is 14.5 Å². The molecule has 0 aliphatic rings. The van der Waals surface area contributed by atoms with Gasteiger partial charge in [-0.25, -0.2) is 14.2 Å². The number of para-hydroxylation sites is 1. The third-order valence-electron chi connectivity index (χ3n) is 5.90. The quantitative estimate of drug-likeness (QED) is 0.460. The largest absolute Gasteiger partial charge is 0.322 e. The molecule has 0 saturated carbocycles. The van der Waals surface area contributed by atoms with Crippen LogP contribution in [0.1, 0.15) is 29.9 Å². The van der Waals surface area contributed by atoms with Gasteiger partial charge in [0, 0.05) is 12.7 Å². The van der Waals surface area contributed by atoms with Gasteiger partial charge < -0.3 is 10.2 Å². The van der Waals surface area contributed by atoms with Crippen molar-refractivity contribution in [3.05, 3.63) is 99.9 Å². The van der Waals surface area contributed by atoms with E-state index in [1.54, 1.807) is 42.8 Å². The molecule has 0 saturated heterocycles. The molecule has 0 radical (unpaired) electrons. The van der Waals surface area contributed by atoms with Crippen molar-refractivity contribution in [3.63, 3.8) is 0 Å². The van der Waals surface area contributed by atoms with E-state index >= 15 is 0 Å². The average Bonchev–Trinajstić information content (AvgIpc) is 2.80. The van der Waals surface area contributed by atoms with E-state index in [-0.39, 0.29) is 5.56 Å². The summed E-state index contributed by atoms with van der Waals surface area (Å²) in [4.78, 5) is 32.7. The van der Waals surface area contributed by atoms with Gasteiger partial charge in [0.25, 0.3) is 5.56 Å². The summed E-state index contributed by atoms with van der Waals surface area (Å²) in [5.74, 6) is -0.0119. The van der Waals surface area contributed by atoms with Crippen LogP contribution in [0.25, 0.3) is 16.6 Å². The molecule has 4 rings (SSSR count). The Morgan fingerprint density at radius 2 is 1.79 bits per heavy atom. The van der Waals surface area contributed by atoms with Gasteiger partial charge in [-0.2, -0.15) is 0 Å². The van der Waals surface area contributed by atoms with E-state index in [9.17, 15) is 14.0 Å². The van der Waals surface area contributed by atoms with E-state index in [0.717, 1.165) is 11.1 Å². The third-order valence-corrected chi connectivity index (χ3v) is 5.90. The highest BCUT2D eigenvalue weighted by Gasteiger charge is 2.24. The van der Waals surface area contributed by atoms with Gasteiger partial charge in [-0.1, -0.05) is 24.3 Å². The highest BCUT2D eigenvalue weighted by atomic mass is 19.1. The fourth-order valence-electron chi connectivity index (χ4n) is 3.67. The Hall–Kier alpha value is -4.00. The molecule has 0 aliphatic carbocycles. The molecule has 1 heterocycles. The molecule has 4 aromatic rings. The van der Waals surface area contributed by atoms with Gasteiger partial charge in [-0.05, 0) is 74.4 Å². The van der Waals surface area contributed by atoms with Crippen LogP contribution in [-0.4, -0.2) is 27.5 Å². The number of hydrogen-bond acceptors (Lipinski definition) is 3. The summed E-state index contributed by atoms with van der Waals surface area (Å²) in [5.41, 5.74) is 3.54. The van der Waals surface area contributed by atoms with Crippen molar-refractivity contribution < 1.29 is 9.18 Å². The lowest BCUT2D eigenvalue weighted by Crippen LogP contribution is -2.37. The highest BCUT2D eigenvalue weighted by Crippen LogP contribution is 2.24. The van der Waals surface area contributed by atoms with Crippen LogP contribution in [0.15, 0.2) is 71.5 Å². The maximum Gasteiger partial charge on any atom is 0.322 e. The minimum Gasteiger partial charge on any atom is -0.318 e. The van der Waals surface area contributed by atoms with Crippen molar-refractivity contribution in [2.24, 2.45) is 0 Å². The maximum absolute atomic E-state index is 13.5. The van der Waals surface area contributed by atoms with E-state index in [4.69, 9.17) is 4.98 Å². The molecule has 1 N–H and O–H groups in total. The molecule has 0 bridgehead atoms. The lowest BCUT2D eigenvalue weighted by molar-refractivity contribution is 0.205. The van der Waals surface area contributed by atoms with Crippen LogP contribution in [0.3, 0.4) is 0 Å². The lowest BCUT2D eigenvalue weighted by Gasteiger charge is -2.27. The molecule has 33 heavy (non-hydrogen) atoms. The van der Waals surface area contributed by atoms with Crippen molar-refractivity contribution in [2.75, 3.05) is 12.4 Å². The Morgan fingerprint density at radius 3 is 2.52 bits per heavy atom. The smallest absolute Gasteiger partial charge is 0.318 e. The van der Waals surface area contributed by atoms with E-state index in [2.05, 4.69) is 5.32 Å². The number of carbonyl (C=O) groups is 1. The molecule has 0 spiro atoms. The normalized spacial score (nSPS) is 11.9. The number of hydrogen-bond donors (Lipinski definition) is 1. The Kier molecular flexibility index (Phi) is 5.96. The molecule has 7 heteroatoms. The first-order chi connectivity index (χ1) is 15.8. The fourth-order valence-corrected chi connectivity index (χ4v) is 3.67. The number of anilines is 1. The number of carbonyl (C=O) groups excluding carboxylic acids is 1. The van der Waals surface area contributed by atoms with Crippen LogP contribution in [0.5, 0.6) is 0 Å². The highest BCUT2D eigenvalue weighted by molar-refractivity contribution is 5.89. The SMILES string of the molecule is Cc1ccc(-n2c(C(C)N(C)C(=O)Nc3cccc(F)c3)nc3ccccc3c2=O)cc1C. The van der Waals surface area contributed by atoms with E-state index < -0.39 is 17.9 Å². The van der Waals surface area contributed by atoms with Gasteiger partial charge >= 0.3 is 6.03 Å². The first kappa shape index (κ1) is 22.2. The second-order valence-electron chi connectivity index (χ2n) is 8.12. The third kappa shape index (κ3) is 4.35. The minimum atomic E-state index is -0.558. The van der Waals surface area contributed by atoms with E-state index in [1.165, 1.54) is 23.1 Å². The average molecular weight is 445 g/mol. The number of nitrogens with one attached hydrogen (secondary N) is 1. The summed E-state index contributed by atoms with van der Waals surface area (Å²) < 4.78 is 15.1. The van der Waals surface area contributed by atoms with E-state index in [1.807, 2.05) is 38.1 Å². The molecule has 3 aromatic carbocycles. The predicted octanol–water partition coefficient (Wildman–Crippen LogP) is 5.37. The van der Waals surface area contributed by atoms with Crippen molar-refractivity contribution >= 4 is 22.6 Å². The summed E-state index contributed by atoms with van der Waals surface area (Å²) in [6.45, 7) is 5.80. The number of rotatable bonds is 4. The van der Waals surface area contributed by atoms with Crippen LogP contribution in [0, 0.1) is 19.7 Å². The number of urea groups is 1. The lowest BCUT2D eigenvalue weighted by atomic mass is 10.1. The van der Waals surface area contributed by atoms with Crippen LogP contribution in [0.2, 0.25) is 0 Å². The fraction of sp³-hybridized carbons (Fsp3) is 0.192. The first-order valence-corrected chi connectivity index (χ1v) is 10.6. The first-order valence-electron chi connectivity index (χ1n) is 10.6. The number of amides is 2. The molecule has 0 fully saturated rings. The Morgan fingerprint density at radius 1 is 1.03 bits per heavy atom. The summed E-state index contributed by atoms with van der Waals surface area (Å²) in [7, 11) is 1.62. The van der Waals surface area contributed by atoms with Crippen LogP contribution in [0.4, 0.5) is 14.9 Å². The molecule has 1 unspecified atom stereocenters. The zero-order chi connectivity index (χ0) is 23.7. The number of aryl methyl sites for hydroxylation is 2. The number of aromatic nitrogens is 2. The second-order valence-corrected chi connectivity index (χ2v) is 8.12. The molecule has 1 aromatic heterocycles. The van der Waals surface area contributed by atoms with Crippen molar-refractivity contribution in [3.8, 4) is 5.69 Å². The van der Waals surface area contributed by atoms with Gasteiger partial charge in [0.2, 0.25) is 0 Å². The maximum atomic E-state index is 13.5. The number of fused-ring (bicyclic) bond motifs is 1. The van der Waals surface area contributed by atoms with Gasteiger partial charge in [-0.15, -0.1) is 0 Å². The van der Waals surface area contributed by atoms with Crippen molar-refractivity contribution in [1.29, 1.82) is 0 Å². The Balaban J connectivity index is 1.80. The van der Waals surface area contributed by atoms with E-state index in [0.29, 0.717) is 28.1 Å². The summed E-state index contributed by atoms with van der Waals surface area (Å²) in [6.07, 6.45) is 0. The minimum absolute atomic E-state index is 0.204. The van der Waals surface area contributed by atoms with Gasteiger partial charge in [0.05, 0.1) is 22.6 Å². The number of nitrogens with zero attached hydrogens (tertiary/aromatic N) is 3. The summed E-state index contributed by atoms with van der Waals surface area (Å²) >= 11 is 0. The van der Waals surface area contributed by atoms with Crippen LogP contribution < -0.4 is 10.9 Å². The zero-order valence-electron chi connectivity index (χ0n) is 19.0. The molecular formula is C26H25FN4O2. The molecule has 0 aliphatic heterocycles. The molecular weight excluding hydrogens is 419 g/mol. The zero-order valence-corrected chi connectivity index (χ0v) is 19.0. The van der Waals surface area contributed by atoms with Gasteiger partial charge in [0.1, 0.15) is 11.6 Å². The monoisotopic (exact) mass is 444 g/mol. The number of halogens is 1. The second kappa shape index (κ2) is 8.86. The van der Waals surface area contributed by atoms with Crippen molar-refractivity contribution in [2.45, 2.75) is 26.8 Å².